The molecule has 0 aromatic heterocycles. The summed E-state index contributed by atoms with van der Waals surface area (Å²) in [5, 5.41) is 18.9. The van der Waals surface area contributed by atoms with Crippen molar-refractivity contribution in [3.8, 4) is 0 Å². The summed E-state index contributed by atoms with van der Waals surface area (Å²) in [7, 11) is 0. The first kappa shape index (κ1) is 19.0. The second-order valence-corrected chi connectivity index (χ2v) is 5.34. The van der Waals surface area contributed by atoms with Gasteiger partial charge in [-0.25, -0.2) is 4.79 Å². The number of ketones is 1. The van der Waals surface area contributed by atoms with Gasteiger partial charge in [-0.15, -0.1) is 0 Å². The van der Waals surface area contributed by atoms with Gasteiger partial charge in [-0.05, 0) is 33.3 Å². The van der Waals surface area contributed by atoms with E-state index in [9.17, 15) is 14.7 Å². The Morgan fingerprint density at radius 2 is 1.87 bits per heavy atom. The van der Waals surface area contributed by atoms with Gasteiger partial charge >= 0.3 is 5.97 Å². The maximum atomic E-state index is 12.0. The maximum Gasteiger partial charge on any atom is 0.343 e. The molecule has 0 saturated heterocycles. The smallest absolute Gasteiger partial charge is 0.343 e. The van der Waals surface area contributed by atoms with E-state index in [0.29, 0.717) is 16.7 Å². The molecule has 1 heterocycles. The van der Waals surface area contributed by atoms with Crippen LogP contribution in [-0.4, -0.2) is 41.3 Å². The Hall–Kier alpha value is -2.08. The third-order valence-corrected chi connectivity index (χ3v) is 3.94. The van der Waals surface area contributed by atoms with E-state index in [-0.39, 0.29) is 12.0 Å². The number of carbonyl (C=O) groups excluding carboxylic acids is 1. The fourth-order valence-corrected chi connectivity index (χ4v) is 2.52. The van der Waals surface area contributed by atoms with Gasteiger partial charge in [0, 0.05) is 24.7 Å². The molecule has 0 bridgehead atoms. The van der Waals surface area contributed by atoms with Crippen molar-refractivity contribution in [1.29, 1.82) is 0 Å². The number of aliphatic hydroxyl groups excluding tert-OH is 1. The van der Waals surface area contributed by atoms with Gasteiger partial charge in [0.2, 0.25) is 0 Å². The highest BCUT2D eigenvalue weighted by Crippen LogP contribution is 2.40. The molecule has 0 saturated carbocycles. The summed E-state index contributed by atoms with van der Waals surface area (Å²) < 4.78 is 10.2. The topological polar surface area (TPSA) is 93.1 Å². The van der Waals surface area contributed by atoms with Crippen molar-refractivity contribution in [1.82, 2.24) is 0 Å². The zero-order valence-electron chi connectivity index (χ0n) is 14.2. The monoisotopic (exact) mass is 324 g/mol. The largest absolute Gasteiger partial charge is 0.506 e. The van der Waals surface area contributed by atoms with E-state index < -0.39 is 23.1 Å². The molecule has 2 aliphatic rings. The Kier molecular flexibility index (Phi) is 6.57. The van der Waals surface area contributed by atoms with Gasteiger partial charge in [0.1, 0.15) is 17.4 Å². The van der Waals surface area contributed by atoms with Crippen LogP contribution < -0.4 is 0 Å². The van der Waals surface area contributed by atoms with Crippen molar-refractivity contribution in [2.75, 3.05) is 13.2 Å². The van der Waals surface area contributed by atoms with E-state index in [1.165, 1.54) is 6.26 Å². The number of fused-ring (bicyclic) bond motifs is 1. The minimum absolute atomic E-state index is 0.0774. The van der Waals surface area contributed by atoms with E-state index in [2.05, 4.69) is 0 Å². The van der Waals surface area contributed by atoms with E-state index in [1.54, 1.807) is 6.92 Å². The maximum absolute atomic E-state index is 12.0. The molecule has 0 unspecified atom stereocenters. The Bertz CT molecular complexity index is 580. The number of rotatable bonds is 3. The molecule has 23 heavy (non-hydrogen) atoms. The minimum Gasteiger partial charge on any atom is -0.506 e. The molecule has 6 nitrogen and oxygen atoms in total. The molecule has 0 aromatic carbocycles. The zero-order chi connectivity index (χ0) is 17.7. The number of ether oxygens (including phenoxy) is 2. The number of Topliss-reactive ketones (excluding diaryl/α,β-unsaturated/α-hetero) is 1. The SMILES string of the molecule is CC1=C2C(=CO[C@H](C)[C@H]2C)C(O)=C(C(=O)O)C1=O.CCOCC. The van der Waals surface area contributed by atoms with Crippen LogP contribution in [0.15, 0.2) is 34.3 Å². The van der Waals surface area contributed by atoms with Gasteiger partial charge < -0.3 is 19.7 Å². The van der Waals surface area contributed by atoms with Crippen LogP contribution in [-0.2, 0) is 19.1 Å². The minimum atomic E-state index is -1.43. The summed E-state index contributed by atoms with van der Waals surface area (Å²) in [6.07, 6.45) is 1.21. The number of hydrogen-bond acceptors (Lipinski definition) is 5. The van der Waals surface area contributed by atoms with E-state index in [0.717, 1.165) is 13.2 Å². The summed E-state index contributed by atoms with van der Waals surface area (Å²) in [4.78, 5) is 23.0. The lowest BCUT2D eigenvalue weighted by atomic mass is 9.78. The molecule has 0 amide bonds. The normalized spacial score (nSPS) is 23.5. The molecular weight excluding hydrogens is 300 g/mol. The molecular formula is C17H24O6. The lowest BCUT2D eigenvalue weighted by Gasteiger charge is -2.33. The van der Waals surface area contributed by atoms with E-state index in [1.807, 2.05) is 27.7 Å². The standard InChI is InChI=1S/C13H14O5.C4H10O/c1-5-7(3)18-4-8-9(5)6(2)11(14)10(12(8)15)13(16)17;1-3-5-4-2/h4-5,7,15H,1-3H3,(H,16,17);3-4H2,1-2H3/t5-,7-;/m1./s1. The van der Waals surface area contributed by atoms with Crippen molar-refractivity contribution in [2.24, 2.45) is 5.92 Å². The molecule has 2 atom stereocenters. The number of carboxylic acid groups (broad SMARTS) is 1. The Labute approximate surface area is 136 Å². The van der Waals surface area contributed by atoms with Crippen LogP contribution in [0.1, 0.15) is 34.6 Å². The fourth-order valence-electron chi connectivity index (χ4n) is 2.52. The van der Waals surface area contributed by atoms with Gasteiger partial charge in [-0.1, -0.05) is 6.92 Å². The van der Waals surface area contributed by atoms with E-state index >= 15 is 0 Å². The van der Waals surface area contributed by atoms with Crippen LogP contribution in [0.2, 0.25) is 0 Å². The van der Waals surface area contributed by atoms with Gasteiger partial charge in [-0.3, -0.25) is 4.79 Å². The fraction of sp³-hybridized carbons (Fsp3) is 0.529. The summed E-state index contributed by atoms with van der Waals surface area (Å²) in [5.41, 5.74) is 0.739. The predicted octanol–water partition coefficient (Wildman–Crippen LogP) is 2.76. The van der Waals surface area contributed by atoms with Gasteiger partial charge in [0.25, 0.3) is 0 Å². The summed E-state index contributed by atoms with van der Waals surface area (Å²) >= 11 is 0. The number of allylic oxidation sites excluding steroid dienone is 2. The Morgan fingerprint density at radius 3 is 2.30 bits per heavy atom. The highest BCUT2D eigenvalue weighted by molar-refractivity contribution is 6.25. The summed E-state index contributed by atoms with van der Waals surface area (Å²) in [6.45, 7) is 11.0. The molecule has 0 radical (unpaired) electrons. The second-order valence-electron chi connectivity index (χ2n) is 5.34. The van der Waals surface area contributed by atoms with Gasteiger partial charge in [0.05, 0.1) is 11.8 Å². The summed E-state index contributed by atoms with van der Waals surface area (Å²) in [6, 6.07) is 0. The highest BCUT2D eigenvalue weighted by Gasteiger charge is 2.39. The average molecular weight is 324 g/mol. The highest BCUT2D eigenvalue weighted by atomic mass is 16.5. The number of carboxylic acids is 1. The van der Waals surface area contributed by atoms with Crippen LogP contribution in [0.25, 0.3) is 0 Å². The van der Waals surface area contributed by atoms with Gasteiger partial charge in [0.15, 0.2) is 5.78 Å². The first-order valence-corrected chi connectivity index (χ1v) is 7.63. The number of carbonyl (C=O) groups is 2. The van der Waals surface area contributed by atoms with Crippen molar-refractivity contribution < 1.29 is 29.3 Å². The lowest BCUT2D eigenvalue weighted by molar-refractivity contribution is -0.134. The van der Waals surface area contributed by atoms with Crippen molar-refractivity contribution in [3.05, 3.63) is 34.3 Å². The zero-order valence-corrected chi connectivity index (χ0v) is 14.2. The van der Waals surface area contributed by atoms with Crippen molar-refractivity contribution in [2.45, 2.75) is 40.7 Å². The molecule has 1 aliphatic heterocycles. The Morgan fingerprint density at radius 1 is 1.30 bits per heavy atom. The van der Waals surface area contributed by atoms with Crippen molar-refractivity contribution in [3.63, 3.8) is 0 Å². The molecule has 128 valence electrons. The molecule has 2 N–H and O–H groups in total. The summed E-state index contributed by atoms with van der Waals surface area (Å²) in [5.74, 6) is -2.64. The van der Waals surface area contributed by atoms with Crippen LogP contribution in [0, 0.1) is 5.92 Å². The third kappa shape index (κ3) is 3.82. The first-order chi connectivity index (χ1) is 10.8. The first-order valence-electron chi connectivity index (χ1n) is 7.63. The van der Waals surface area contributed by atoms with Crippen LogP contribution in [0.3, 0.4) is 0 Å². The molecule has 0 fully saturated rings. The third-order valence-electron chi connectivity index (χ3n) is 3.94. The predicted molar refractivity (Wildman–Crippen MR) is 85.0 cm³/mol. The quantitative estimate of drug-likeness (QED) is 0.775. The van der Waals surface area contributed by atoms with Crippen LogP contribution >= 0.6 is 0 Å². The van der Waals surface area contributed by atoms with Crippen LogP contribution in [0.5, 0.6) is 0 Å². The van der Waals surface area contributed by atoms with Crippen molar-refractivity contribution >= 4 is 11.8 Å². The second kappa shape index (κ2) is 7.97. The molecule has 0 aromatic rings. The Balaban J connectivity index is 0.000000463. The van der Waals surface area contributed by atoms with E-state index in [4.69, 9.17) is 14.6 Å². The molecule has 2 rings (SSSR count). The molecule has 0 spiro atoms. The average Bonchev–Trinajstić information content (AvgIpc) is 2.49. The number of aliphatic hydroxyl groups is 1. The van der Waals surface area contributed by atoms with Crippen LogP contribution in [0.4, 0.5) is 0 Å². The lowest BCUT2D eigenvalue weighted by Crippen LogP contribution is -2.31. The molecule has 1 aliphatic carbocycles. The number of aliphatic carboxylic acids is 1. The number of hydrogen-bond donors (Lipinski definition) is 2. The molecule has 6 heteroatoms. The van der Waals surface area contributed by atoms with Gasteiger partial charge in [-0.2, -0.15) is 0 Å².